The lowest BCUT2D eigenvalue weighted by Gasteiger charge is -2.30. The predicted octanol–water partition coefficient (Wildman–Crippen LogP) is 12.4. The van der Waals surface area contributed by atoms with E-state index in [0.717, 1.165) is 33.4 Å². The Hall–Kier alpha value is -7.10. The van der Waals surface area contributed by atoms with Crippen molar-refractivity contribution in [3.63, 3.8) is 0 Å². The van der Waals surface area contributed by atoms with Crippen LogP contribution in [0.3, 0.4) is 0 Å². The van der Waals surface area contributed by atoms with Gasteiger partial charge in [-0.05, 0) is 61.8 Å². The van der Waals surface area contributed by atoms with Crippen molar-refractivity contribution in [1.29, 1.82) is 0 Å². The molecule has 2 aromatic heterocycles. The number of hydrogen-bond acceptors (Lipinski definition) is 2. The lowest BCUT2D eigenvalue weighted by Crippen LogP contribution is -2.25. The summed E-state index contributed by atoms with van der Waals surface area (Å²) in [5, 5.41) is 4.74. The van der Waals surface area contributed by atoms with Crippen molar-refractivity contribution in [2.45, 2.75) is 5.41 Å². The topological polar surface area (TPSA) is 30.7 Å². The van der Waals surface area contributed by atoms with Gasteiger partial charge in [0.2, 0.25) is 5.95 Å². The number of aromatic nitrogens is 3. The van der Waals surface area contributed by atoms with Crippen molar-refractivity contribution >= 4 is 32.6 Å². The number of para-hydroxylation sites is 2. The van der Waals surface area contributed by atoms with Gasteiger partial charge in [-0.2, -0.15) is 0 Å². The van der Waals surface area contributed by atoms with Crippen molar-refractivity contribution in [3.05, 3.63) is 210 Å². The molecular weight excluding hydrogens is 655 g/mol. The van der Waals surface area contributed by atoms with Gasteiger partial charge >= 0.3 is 0 Å². The van der Waals surface area contributed by atoms with Crippen molar-refractivity contribution in [1.82, 2.24) is 14.5 Å². The highest BCUT2D eigenvalue weighted by Crippen LogP contribution is 2.64. The standard InChI is InChI=1S/C51H31N3/c1-2-16-35-32(14-1)15-13-22-36(35)33-28-30-34(31-29-33)48-40-20-6-11-26-45(40)52-50(53-48)54-46-27-12-7-21-41(46)47-49(54)39-19-5-10-25-44(39)51(47)42-23-8-3-17-37(42)38-18-4-9-24-43(38)51/h1-31H. The van der Waals surface area contributed by atoms with Crippen LogP contribution in [0.4, 0.5) is 0 Å². The highest BCUT2D eigenvalue weighted by Gasteiger charge is 2.54. The first kappa shape index (κ1) is 29.5. The molecule has 0 fully saturated rings. The number of benzene rings is 8. The number of fused-ring (bicyclic) bond motifs is 14. The van der Waals surface area contributed by atoms with E-state index in [0.29, 0.717) is 5.95 Å². The van der Waals surface area contributed by atoms with Crippen LogP contribution >= 0.6 is 0 Å². The molecule has 0 saturated heterocycles. The zero-order valence-electron chi connectivity index (χ0n) is 29.2. The maximum Gasteiger partial charge on any atom is 0.235 e. The van der Waals surface area contributed by atoms with Crippen molar-refractivity contribution in [2.75, 3.05) is 0 Å². The Morgan fingerprint density at radius 1 is 0.389 bits per heavy atom. The first-order valence-electron chi connectivity index (χ1n) is 18.6. The highest BCUT2D eigenvalue weighted by atomic mass is 15.2. The minimum atomic E-state index is -0.471. The summed E-state index contributed by atoms with van der Waals surface area (Å²) in [7, 11) is 0. The summed E-state index contributed by atoms with van der Waals surface area (Å²) in [6.07, 6.45) is 0. The second kappa shape index (κ2) is 11.0. The zero-order chi connectivity index (χ0) is 35.4. The first-order chi connectivity index (χ1) is 26.8. The maximum absolute atomic E-state index is 5.52. The van der Waals surface area contributed by atoms with E-state index in [1.807, 2.05) is 0 Å². The smallest absolute Gasteiger partial charge is 0.235 e. The molecule has 0 amide bonds. The highest BCUT2D eigenvalue weighted by molar-refractivity contribution is 6.05. The van der Waals surface area contributed by atoms with Gasteiger partial charge in [-0.15, -0.1) is 0 Å². The predicted molar refractivity (Wildman–Crippen MR) is 221 cm³/mol. The summed E-state index contributed by atoms with van der Waals surface area (Å²) in [5.74, 6) is 0.672. The van der Waals surface area contributed by atoms with Gasteiger partial charge in [-0.1, -0.05) is 176 Å². The Bertz CT molecular complexity index is 3120. The molecule has 2 aliphatic rings. The molecule has 0 N–H and O–H groups in total. The lowest BCUT2D eigenvalue weighted by molar-refractivity contribution is 0.801. The third kappa shape index (κ3) is 3.80. The summed E-state index contributed by atoms with van der Waals surface area (Å²) in [5.41, 5.74) is 16.2. The molecule has 250 valence electrons. The average molecular weight is 686 g/mol. The van der Waals surface area contributed by atoms with Crippen LogP contribution in [0, 0.1) is 0 Å². The summed E-state index contributed by atoms with van der Waals surface area (Å²) in [4.78, 5) is 10.9. The second-order valence-corrected chi connectivity index (χ2v) is 14.5. The maximum atomic E-state index is 5.52. The zero-order valence-corrected chi connectivity index (χ0v) is 29.2. The molecular formula is C51H31N3. The number of nitrogens with zero attached hydrogens (tertiary/aromatic N) is 3. The lowest BCUT2D eigenvalue weighted by atomic mass is 9.70. The Morgan fingerprint density at radius 2 is 0.926 bits per heavy atom. The Labute approximate surface area is 312 Å². The van der Waals surface area contributed by atoms with E-state index in [9.17, 15) is 0 Å². The normalized spacial score (nSPS) is 13.3. The quantitative estimate of drug-likeness (QED) is 0.185. The van der Waals surface area contributed by atoms with Crippen molar-refractivity contribution < 1.29 is 0 Å². The van der Waals surface area contributed by atoms with Crippen molar-refractivity contribution in [2.24, 2.45) is 0 Å². The van der Waals surface area contributed by atoms with Crippen molar-refractivity contribution in [3.8, 4) is 50.7 Å². The fraction of sp³-hybridized carbons (Fsp3) is 0.0196. The fourth-order valence-electron chi connectivity index (χ4n) is 9.70. The van der Waals surface area contributed by atoms with E-state index in [4.69, 9.17) is 9.97 Å². The molecule has 2 heterocycles. The van der Waals surface area contributed by atoms with Crippen LogP contribution in [0.15, 0.2) is 188 Å². The molecule has 0 saturated carbocycles. The minimum absolute atomic E-state index is 0.471. The Balaban J connectivity index is 1.13. The molecule has 0 unspecified atom stereocenters. The Kier molecular flexibility index (Phi) is 5.98. The molecule has 0 aliphatic heterocycles. The minimum Gasteiger partial charge on any atom is -0.278 e. The molecule has 54 heavy (non-hydrogen) atoms. The van der Waals surface area contributed by atoms with E-state index in [1.165, 1.54) is 66.2 Å². The molecule has 0 radical (unpaired) electrons. The van der Waals surface area contributed by atoms with Crippen LogP contribution < -0.4 is 0 Å². The average Bonchev–Trinajstić information content (AvgIpc) is 3.85. The molecule has 1 spiro atoms. The molecule has 0 atom stereocenters. The van der Waals surface area contributed by atoms with Gasteiger partial charge in [0.05, 0.1) is 27.8 Å². The van der Waals surface area contributed by atoms with Gasteiger partial charge in [0.1, 0.15) is 0 Å². The third-order valence-corrected chi connectivity index (χ3v) is 11.8. The van der Waals surface area contributed by atoms with Gasteiger partial charge < -0.3 is 0 Å². The van der Waals surface area contributed by atoms with Crippen LogP contribution in [0.2, 0.25) is 0 Å². The van der Waals surface area contributed by atoms with Crippen LogP contribution in [-0.2, 0) is 5.41 Å². The van der Waals surface area contributed by atoms with Crippen LogP contribution in [0.5, 0.6) is 0 Å². The fourth-order valence-corrected chi connectivity index (χ4v) is 9.70. The van der Waals surface area contributed by atoms with Crippen LogP contribution in [-0.4, -0.2) is 14.5 Å². The Morgan fingerprint density at radius 3 is 1.69 bits per heavy atom. The molecule has 3 heteroatoms. The van der Waals surface area contributed by atoms with Gasteiger partial charge in [-0.25, -0.2) is 9.97 Å². The summed E-state index contributed by atoms with van der Waals surface area (Å²) >= 11 is 0. The van der Waals surface area contributed by atoms with E-state index in [2.05, 4.69) is 193 Å². The molecule has 3 nitrogen and oxygen atoms in total. The monoisotopic (exact) mass is 685 g/mol. The van der Waals surface area contributed by atoms with Gasteiger partial charge in [-0.3, -0.25) is 4.57 Å². The SMILES string of the molecule is c1ccc2c(c1)-c1ccccc1C21c2ccccc2-c2c1c1ccccc1n2-c1nc(-c2ccc(-c3cccc4ccccc34)cc2)c2ccccc2n1. The molecule has 10 aromatic rings. The molecule has 8 aromatic carbocycles. The molecule has 12 rings (SSSR count). The summed E-state index contributed by atoms with van der Waals surface area (Å²) in [6.45, 7) is 0. The number of hydrogen-bond donors (Lipinski definition) is 0. The van der Waals surface area contributed by atoms with E-state index in [1.54, 1.807) is 0 Å². The van der Waals surface area contributed by atoms with Gasteiger partial charge in [0.15, 0.2) is 0 Å². The number of rotatable bonds is 3. The van der Waals surface area contributed by atoms with E-state index >= 15 is 0 Å². The molecule has 0 bridgehead atoms. The largest absolute Gasteiger partial charge is 0.278 e. The third-order valence-electron chi connectivity index (χ3n) is 11.8. The summed E-state index contributed by atoms with van der Waals surface area (Å²) < 4.78 is 2.34. The van der Waals surface area contributed by atoms with Crippen LogP contribution in [0.1, 0.15) is 22.3 Å². The van der Waals surface area contributed by atoms with Crippen LogP contribution in [0.25, 0.3) is 83.3 Å². The summed E-state index contributed by atoms with van der Waals surface area (Å²) in [6, 6.07) is 68.1. The van der Waals surface area contributed by atoms with Gasteiger partial charge in [0.25, 0.3) is 0 Å². The molecule has 2 aliphatic carbocycles. The van der Waals surface area contributed by atoms with E-state index in [-0.39, 0.29) is 0 Å². The first-order valence-corrected chi connectivity index (χ1v) is 18.6. The van der Waals surface area contributed by atoms with Gasteiger partial charge in [0, 0.05) is 27.5 Å². The second-order valence-electron chi connectivity index (χ2n) is 14.5. The van der Waals surface area contributed by atoms with E-state index < -0.39 is 5.41 Å².